The van der Waals surface area contributed by atoms with Crippen LogP contribution in [0.5, 0.6) is 0 Å². The van der Waals surface area contributed by atoms with Crippen molar-refractivity contribution in [2.75, 3.05) is 18.1 Å². The van der Waals surface area contributed by atoms with E-state index in [0.717, 1.165) is 17.7 Å². The van der Waals surface area contributed by atoms with Gasteiger partial charge in [-0.05, 0) is 0 Å². The molecule has 0 spiro atoms. The van der Waals surface area contributed by atoms with Crippen LogP contribution in [0.3, 0.4) is 0 Å². The van der Waals surface area contributed by atoms with E-state index in [1.54, 1.807) is 4.68 Å². The van der Waals surface area contributed by atoms with Gasteiger partial charge in [0.15, 0.2) is 5.82 Å². The van der Waals surface area contributed by atoms with E-state index in [0.29, 0.717) is 32.0 Å². The van der Waals surface area contributed by atoms with Crippen LogP contribution < -0.4 is 10.2 Å². The molecular formula is C11H14N4O3. The lowest BCUT2D eigenvalue weighted by Gasteiger charge is -2.26. The summed E-state index contributed by atoms with van der Waals surface area (Å²) in [6, 6.07) is -0.390. The molecule has 1 aromatic rings. The third-order valence-electron chi connectivity index (χ3n) is 3.30. The van der Waals surface area contributed by atoms with Crippen LogP contribution in [0.15, 0.2) is 0 Å². The van der Waals surface area contributed by atoms with Gasteiger partial charge in [0.05, 0.1) is 18.9 Å². The maximum absolute atomic E-state index is 11.8. The Morgan fingerprint density at radius 1 is 1.33 bits per heavy atom. The minimum Gasteiger partial charge on any atom is -0.375 e. The summed E-state index contributed by atoms with van der Waals surface area (Å²) in [7, 11) is 1.84. The van der Waals surface area contributed by atoms with E-state index in [1.165, 1.54) is 4.90 Å². The first kappa shape index (κ1) is 11.2. The summed E-state index contributed by atoms with van der Waals surface area (Å²) in [4.78, 5) is 24.5. The molecular weight excluding hydrogens is 236 g/mol. The minimum atomic E-state index is -0.390. The Bertz CT molecular complexity index is 523. The summed E-state index contributed by atoms with van der Waals surface area (Å²) in [5, 5.41) is 6.69. The first-order valence-electron chi connectivity index (χ1n) is 5.90. The number of anilines is 1. The number of aryl methyl sites for hydroxylation is 1. The zero-order valence-electron chi connectivity index (χ0n) is 10.1. The standard InChI is InChI=1S/C11H14N4O3/c1-14-8-6-18-5-3-7(8)10(13-14)15-4-2-9(16)12-11(15)17/h2-6H2,1H3,(H,12,16,17). The Labute approximate surface area is 104 Å². The normalized spacial score (nSPS) is 19.7. The smallest absolute Gasteiger partial charge is 0.329 e. The molecule has 0 aliphatic carbocycles. The van der Waals surface area contributed by atoms with Crippen molar-refractivity contribution >= 4 is 17.8 Å². The zero-order chi connectivity index (χ0) is 12.7. The van der Waals surface area contributed by atoms with Gasteiger partial charge in [0.1, 0.15) is 0 Å². The second kappa shape index (κ2) is 4.09. The van der Waals surface area contributed by atoms with Crippen LogP contribution in [-0.2, 0) is 29.6 Å². The van der Waals surface area contributed by atoms with Crippen molar-refractivity contribution in [2.45, 2.75) is 19.4 Å². The molecule has 3 heterocycles. The van der Waals surface area contributed by atoms with Crippen LogP contribution in [-0.4, -0.2) is 34.9 Å². The van der Waals surface area contributed by atoms with Gasteiger partial charge in [-0.3, -0.25) is 19.7 Å². The van der Waals surface area contributed by atoms with Gasteiger partial charge in [0.2, 0.25) is 5.91 Å². The van der Waals surface area contributed by atoms with E-state index in [2.05, 4.69) is 10.4 Å². The van der Waals surface area contributed by atoms with Crippen molar-refractivity contribution < 1.29 is 14.3 Å². The number of fused-ring (bicyclic) bond motifs is 1. The highest BCUT2D eigenvalue weighted by molar-refractivity contribution is 6.05. The second-order valence-corrected chi connectivity index (χ2v) is 4.43. The van der Waals surface area contributed by atoms with Gasteiger partial charge in [-0.25, -0.2) is 4.79 Å². The minimum absolute atomic E-state index is 0.232. The van der Waals surface area contributed by atoms with Gasteiger partial charge in [-0.1, -0.05) is 0 Å². The fourth-order valence-electron chi connectivity index (χ4n) is 2.35. The third-order valence-corrected chi connectivity index (χ3v) is 3.30. The van der Waals surface area contributed by atoms with Crippen LogP contribution >= 0.6 is 0 Å². The average molecular weight is 250 g/mol. The molecule has 3 amide bonds. The summed E-state index contributed by atoms with van der Waals surface area (Å²) < 4.78 is 7.13. The van der Waals surface area contributed by atoms with Crippen LogP contribution in [0.25, 0.3) is 0 Å². The number of urea groups is 1. The van der Waals surface area contributed by atoms with E-state index >= 15 is 0 Å². The molecule has 1 N–H and O–H groups in total. The number of ether oxygens (including phenoxy) is 1. The monoisotopic (exact) mass is 250 g/mol. The van der Waals surface area contributed by atoms with E-state index in [-0.39, 0.29) is 5.91 Å². The summed E-state index contributed by atoms with van der Waals surface area (Å²) in [5.41, 5.74) is 2.05. The molecule has 0 atom stereocenters. The number of carbonyl (C=O) groups is 2. The quantitative estimate of drug-likeness (QED) is 0.757. The lowest BCUT2D eigenvalue weighted by atomic mass is 10.1. The zero-order valence-corrected chi connectivity index (χ0v) is 10.1. The van der Waals surface area contributed by atoms with Crippen molar-refractivity contribution in [3.8, 4) is 0 Å². The van der Waals surface area contributed by atoms with Gasteiger partial charge in [-0.2, -0.15) is 5.10 Å². The molecule has 1 aromatic heterocycles. The molecule has 0 unspecified atom stereocenters. The molecule has 0 radical (unpaired) electrons. The molecule has 0 aromatic carbocycles. The number of hydrogen-bond acceptors (Lipinski definition) is 4. The van der Waals surface area contributed by atoms with Crippen molar-refractivity contribution in [1.82, 2.24) is 15.1 Å². The molecule has 1 saturated heterocycles. The summed E-state index contributed by atoms with van der Waals surface area (Å²) in [5.74, 6) is 0.421. The van der Waals surface area contributed by atoms with E-state index in [9.17, 15) is 9.59 Å². The van der Waals surface area contributed by atoms with Gasteiger partial charge in [-0.15, -0.1) is 0 Å². The highest BCUT2D eigenvalue weighted by Gasteiger charge is 2.30. The van der Waals surface area contributed by atoms with Crippen LogP contribution in [0.2, 0.25) is 0 Å². The largest absolute Gasteiger partial charge is 0.375 e. The van der Waals surface area contributed by atoms with E-state index < -0.39 is 6.03 Å². The predicted molar refractivity (Wildman–Crippen MR) is 62.1 cm³/mol. The van der Waals surface area contributed by atoms with Crippen LogP contribution in [0, 0.1) is 0 Å². The first-order chi connectivity index (χ1) is 8.66. The number of nitrogens with zero attached hydrogens (tertiary/aromatic N) is 3. The molecule has 7 heteroatoms. The number of nitrogens with one attached hydrogen (secondary N) is 1. The number of amides is 3. The van der Waals surface area contributed by atoms with Crippen LogP contribution in [0.4, 0.5) is 10.6 Å². The van der Waals surface area contributed by atoms with Crippen molar-refractivity contribution in [3.63, 3.8) is 0 Å². The molecule has 0 saturated carbocycles. The Morgan fingerprint density at radius 2 is 2.17 bits per heavy atom. The fourth-order valence-corrected chi connectivity index (χ4v) is 2.35. The topological polar surface area (TPSA) is 76.5 Å². The maximum Gasteiger partial charge on any atom is 0.329 e. The Morgan fingerprint density at radius 3 is 2.94 bits per heavy atom. The third kappa shape index (κ3) is 1.67. The van der Waals surface area contributed by atoms with E-state index in [1.807, 2.05) is 7.05 Å². The Kier molecular flexibility index (Phi) is 2.55. The van der Waals surface area contributed by atoms with Crippen molar-refractivity contribution in [3.05, 3.63) is 11.3 Å². The number of rotatable bonds is 1. The molecule has 0 bridgehead atoms. The first-order valence-corrected chi connectivity index (χ1v) is 5.90. The number of imide groups is 1. The summed E-state index contributed by atoms with van der Waals surface area (Å²) in [6.45, 7) is 1.54. The molecule has 2 aliphatic rings. The molecule has 1 fully saturated rings. The van der Waals surface area contributed by atoms with Crippen molar-refractivity contribution in [1.29, 1.82) is 0 Å². The average Bonchev–Trinajstić information content (AvgIpc) is 2.68. The fraction of sp³-hybridized carbons (Fsp3) is 0.545. The Balaban J connectivity index is 1.97. The number of hydrogen-bond donors (Lipinski definition) is 1. The lowest BCUT2D eigenvalue weighted by molar-refractivity contribution is -0.120. The maximum atomic E-state index is 11.8. The van der Waals surface area contributed by atoms with Gasteiger partial charge in [0, 0.05) is 32.0 Å². The highest BCUT2D eigenvalue weighted by Crippen LogP contribution is 2.27. The van der Waals surface area contributed by atoms with Crippen molar-refractivity contribution in [2.24, 2.45) is 7.05 Å². The molecule has 3 rings (SSSR count). The number of aromatic nitrogens is 2. The second-order valence-electron chi connectivity index (χ2n) is 4.43. The summed E-state index contributed by atoms with van der Waals surface area (Å²) in [6.07, 6.45) is 1.06. The predicted octanol–water partition coefficient (Wildman–Crippen LogP) is -0.0609. The molecule has 18 heavy (non-hydrogen) atoms. The van der Waals surface area contributed by atoms with Crippen LogP contribution in [0.1, 0.15) is 17.7 Å². The molecule has 7 nitrogen and oxygen atoms in total. The SMILES string of the molecule is Cn1nc(N2CCC(=O)NC2=O)c2c1COCC2. The molecule has 2 aliphatic heterocycles. The molecule has 96 valence electrons. The van der Waals surface area contributed by atoms with Gasteiger partial charge >= 0.3 is 6.03 Å². The number of carbonyl (C=O) groups excluding carboxylic acids is 2. The van der Waals surface area contributed by atoms with Gasteiger partial charge in [0.25, 0.3) is 0 Å². The van der Waals surface area contributed by atoms with Gasteiger partial charge < -0.3 is 4.74 Å². The lowest BCUT2D eigenvalue weighted by Crippen LogP contribution is -2.50. The summed E-state index contributed by atoms with van der Waals surface area (Å²) >= 11 is 0. The highest BCUT2D eigenvalue weighted by atomic mass is 16.5. The Hall–Kier alpha value is -1.89. The van der Waals surface area contributed by atoms with E-state index in [4.69, 9.17) is 4.74 Å².